The molecule has 1 aromatic heterocycles. The Morgan fingerprint density at radius 3 is 2.85 bits per heavy atom. The van der Waals surface area contributed by atoms with E-state index in [0.717, 1.165) is 18.0 Å². The van der Waals surface area contributed by atoms with Gasteiger partial charge in [0.15, 0.2) is 0 Å². The van der Waals surface area contributed by atoms with Crippen molar-refractivity contribution < 1.29 is 4.79 Å². The predicted molar refractivity (Wildman–Crippen MR) is 86.8 cm³/mol. The third kappa shape index (κ3) is 2.98. The van der Waals surface area contributed by atoms with Gasteiger partial charge in [-0.3, -0.25) is 4.79 Å². The van der Waals surface area contributed by atoms with Gasteiger partial charge in [-0.1, -0.05) is 13.0 Å². The van der Waals surface area contributed by atoms with E-state index in [0.29, 0.717) is 23.0 Å². The minimum atomic E-state index is -0.0922. The molecule has 0 aromatic carbocycles. The maximum absolute atomic E-state index is 12.2. The van der Waals surface area contributed by atoms with E-state index in [1.54, 1.807) is 6.08 Å². The Morgan fingerprint density at radius 1 is 1.60 bits per heavy atom. The van der Waals surface area contributed by atoms with Crippen LogP contribution < -0.4 is 16.0 Å². The van der Waals surface area contributed by atoms with Gasteiger partial charge in [0.1, 0.15) is 4.88 Å². The van der Waals surface area contributed by atoms with Crippen LogP contribution in [-0.2, 0) is 0 Å². The van der Waals surface area contributed by atoms with Crippen molar-refractivity contribution in [2.75, 3.05) is 30.8 Å². The summed E-state index contributed by atoms with van der Waals surface area (Å²) in [5.41, 5.74) is 8.12. The van der Waals surface area contributed by atoms with E-state index in [-0.39, 0.29) is 5.91 Å². The number of nitrogens with two attached hydrogens (primary N) is 1. The molecular weight excluding hydrogens is 270 g/mol. The first-order valence-electron chi connectivity index (χ1n) is 7.12. The Hall–Kier alpha value is -1.49. The summed E-state index contributed by atoms with van der Waals surface area (Å²) in [7, 11) is 2.08. The molecule has 1 saturated carbocycles. The summed E-state index contributed by atoms with van der Waals surface area (Å²) >= 11 is 1.52. The van der Waals surface area contributed by atoms with Crippen LogP contribution in [0, 0.1) is 0 Å². The summed E-state index contributed by atoms with van der Waals surface area (Å²) in [4.78, 5) is 15.0. The molecule has 1 aromatic rings. The van der Waals surface area contributed by atoms with Crippen LogP contribution in [0.5, 0.6) is 0 Å². The van der Waals surface area contributed by atoms with Gasteiger partial charge in [0.2, 0.25) is 0 Å². The number of amides is 1. The Labute approximate surface area is 124 Å². The van der Waals surface area contributed by atoms with E-state index in [2.05, 4.69) is 30.8 Å². The molecule has 0 bridgehead atoms. The summed E-state index contributed by atoms with van der Waals surface area (Å²) in [6, 6.07) is 0. The molecule has 3 N–H and O–H groups in total. The summed E-state index contributed by atoms with van der Waals surface area (Å²) in [6.45, 7) is 7.21. The lowest BCUT2D eigenvalue weighted by molar-refractivity contribution is 0.0963. The van der Waals surface area contributed by atoms with E-state index in [1.165, 1.54) is 29.7 Å². The van der Waals surface area contributed by atoms with Crippen LogP contribution in [0.1, 0.15) is 47.3 Å². The fraction of sp³-hybridized carbons (Fsp3) is 0.533. The maximum atomic E-state index is 12.2. The molecule has 1 heterocycles. The first-order valence-corrected chi connectivity index (χ1v) is 7.94. The van der Waals surface area contributed by atoms with Crippen LogP contribution in [0.4, 0.5) is 10.7 Å². The lowest BCUT2D eigenvalue weighted by Crippen LogP contribution is -2.23. The van der Waals surface area contributed by atoms with E-state index >= 15 is 0 Å². The minimum absolute atomic E-state index is 0.0922. The zero-order valence-electron chi connectivity index (χ0n) is 12.2. The van der Waals surface area contributed by atoms with E-state index in [1.807, 2.05) is 0 Å². The van der Waals surface area contributed by atoms with Gasteiger partial charge in [0.25, 0.3) is 5.91 Å². The molecule has 0 saturated heterocycles. The van der Waals surface area contributed by atoms with Crippen molar-refractivity contribution in [3.05, 3.63) is 23.1 Å². The second-order valence-electron chi connectivity index (χ2n) is 5.26. The standard InChI is InChI=1S/C15H23N3OS/c1-4-8-17-14(19)13-12(16)11(10-6-7-10)15(20-13)18(3)9-5-2/h4,10H,1,5-9,16H2,2-3H3,(H,17,19). The zero-order chi connectivity index (χ0) is 14.7. The Morgan fingerprint density at radius 2 is 2.30 bits per heavy atom. The summed E-state index contributed by atoms with van der Waals surface area (Å²) in [5.74, 6) is 0.451. The molecule has 20 heavy (non-hydrogen) atoms. The number of carbonyl (C=O) groups excluding carboxylic acids is 1. The number of rotatable bonds is 7. The van der Waals surface area contributed by atoms with Gasteiger partial charge in [-0.25, -0.2) is 0 Å². The summed E-state index contributed by atoms with van der Waals surface area (Å²) < 4.78 is 0. The highest BCUT2D eigenvalue weighted by atomic mass is 32.1. The number of hydrogen-bond acceptors (Lipinski definition) is 4. The number of nitrogen functional groups attached to an aromatic ring is 1. The number of nitrogens with zero attached hydrogens (tertiary/aromatic N) is 1. The minimum Gasteiger partial charge on any atom is -0.397 e. The Balaban J connectivity index is 2.31. The van der Waals surface area contributed by atoms with Crippen LogP contribution >= 0.6 is 11.3 Å². The fourth-order valence-electron chi connectivity index (χ4n) is 2.34. The summed E-state index contributed by atoms with van der Waals surface area (Å²) in [6.07, 6.45) is 5.12. The number of carbonyl (C=O) groups is 1. The van der Waals surface area contributed by atoms with Crippen LogP contribution in [0.15, 0.2) is 12.7 Å². The molecule has 1 aliphatic carbocycles. The predicted octanol–water partition coefficient (Wildman–Crippen LogP) is 2.97. The van der Waals surface area contributed by atoms with Gasteiger partial charge in [-0.15, -0.1) is 17.9 Å². The van der Waals surface area contributed by atoms with Crippen molar-refractivity contribution in [3.8, 4) is 0 Å². The highest BCUT2D eigenvalue weighted by Crippen LogP contribution is 2.51. The SMILES string of the molecule is C=CCNC(=O)c1sc(N(C)CCC)c(C2CC2)c1N. The van der Waals surface area contributed by atoms with Gasteiger partial charge in [-0.05, 0) is 25.2 Å². The highest BCUT2D eigenvalue weighted by Gasteiger charge is 2.33. The molecule has 0 spiro atoms. The smallest absolute Gasteiger partial charge is 0.263 e. The molecule has 1 amide bonds. The Kier molecular flexibility index (Phi) is 4.70. The van der Waals surface area contributed by atoms with Crippen LogP contribution in [0.2, 0.25) is 0 Å². The topological polar surface area (TPSA) is 58.4 Å². The van der Waals surface area contributed by atoms with Gasteiger partial charge < -0.3 is 16.0 Å². The van der Waals surface area contributed by atoms with Crippen molar-refractivity contribution in [2.45, 2.75) is 32.1 Å². The van der Waals surface area contributed by atoms with Gasteiger partial charge >= 0.3 is 0 Å². The monoisotopic (exact) mass is 293 g/mol. The number of nitrogens with one attached hydrogen (secondary N) is 1. The van der Waals surface area contributed by atoms with Crippen LogP contribution in [-0.4, -0.2) is 26.0 Å². The van der Waals surface area contributed by atoms with Gasteiger partial charge in [0.05, 0.1) is 10.7 Å². The van der Waals surface area contributed by atoms with Crippen LogP contribution in [0.25, 0.3) is 0 Å². The average Bonchev–Trinajstić information content (AvgIpc) is 3.19. The lowest BCUT2D eigenvalue weighted by atomic mass is 10.1. The van der Waals surface area contributed by atoms with Crippen molar-refractivity contribution in [3.63, 3.8) is 0 Å². The molecular formula is C15H23N3OS. The van der Waals surface area contributed by atoms with Crippen LogP contribution in [0.3, 0.4) is 0 Å². The molecule has 110 valence electrons. The second-order valence-corrected chi connectivity index (χ2v) is 6.26. The molecule has 0 aliphatic heterocycles. The molecule has 2 rings (SSSR count). The second kappa shape index (κ2) is 6.31. The van der Waals surface area contributed by atoms with Crippen molar-refractivity contribution in [1.29, 1.82) is 0 Å². The molecule has 0 atom stereocenters. The number of anilines is 2. The third-order valence-electron chi connectivity index (χ3n) is 3.47. The number of hydrogen-bond donors (Lipinski definition) is 2. The number of thiophene rings is 1. The zero-order valence-corrected chi connectivity index (χ0v) is 13.1. The van der Waals surface area contributed by atoms with Crippen molar-refractivity contribution in [1.82, 2.24) is 5.32 Å². The van der Waals surface area contributed by atoms with E-state index < -0.39 is 0 Å². The Bertz CT molecular complexity index is 505. The van der Waals surface area contributed by atoms with Gasteiger partial charge in [-0.2, -0.15) is 0 Å². The first-order chi connectivity index (χ1) is 9.60. The fourth-order valence-corrected chi connectivity index (χ4v) is 3.56. The molecule has 4 nitrogen and oxygen atoms in total. The first kappa shape index (κ1) is 14.9. The quantitative estimate of drug-likeness (QED) is 0.760. The normalized spacial score (nSPS) is 14.1. The molecule has 0 unspecified atom stereocenters. The van der Waals surface area contributed by atoms with E-state index in [4.69, 9.17) is 5.73 Å². The molecule has 5 heteroatoms. The van der Waals surface area contributed by atoms with Crippen molar-refractivity contribution in [2.24, 2.45) is 0 Å². The largest absolute Gasteiger partial charge is 0.397 e. The molecule has 0 radical (unpaired) electrons. The lowest BCUT2D eigenvalue weighted by Gasteiger charge is -2.18. The molecule has 1 aliphatic rings. The van der Waals surface area contributed by atoms with E-state index in [9.17, 15) is 4.79 Å². The van der Waals surface area contributed by atoms with Gasteiger partial charge in [0, 0.05) is 25.7 Å². The molecule has 1 fully saturated rings. The highest BCUT2D eigenvalue weighted by molar-refractivity contribution is 7.18. The van der Waals surface area contributed by atoms with Crippen molar-refractivity contribution >= 4 is 27.9 Å². The average molecular weight is 293 g/mol. The maximum Gasteiger partial charge on any atom is 0.263 e. The summed E-state index contributed by atoms with van der Waals surface area (Å²) in [5, 5.41) is 3.98. The third-order valence-corrected chi connectivity index (χ3v) is 4.80.